The molecule has 0 aliphatic heterocycles. The highest BCUT2D eigenvalue weighted by atomic mass is 32.1. The van der Waals surface area contributed by atoms with Crippen LogP contribution in [0.1, 0.15) is 17.5 Å². The summed E-state index contributed by atoms with van der Waals surface area (Å²) in [5, 5.41) is 0. The fourth-order valence-corrected chi connectivity index (χ4v) is 3.20. The zero-order chi connectivity index (χ0) is 12.5. The van der Waals surface area contributed by atoms with Crippen molar-refractivity contribution in [2.75, 3.05) is 0 Å². The molecule has 0 spiro atoms. The summed E-state index contributed by atoms with van der Waals surface area (Å²) in [4.78, 5) is 7.00. The van der Waals surface area contributed by atoms with Crippen molar-refractivity contribution in [1.82, 2.24) is 9.38 Å². The average Bonchev–Trinajstić information content (AvgIpc) is 2.91. The third-order valence-corrected chi connectivity index (χ3v) is 4.13. The van der Waals surface area contributed by atoms with Crippen LogP contribution in [0.2, 0.25) is 0 Å². The monoisotopic (exact) mass is 252 g/mol. The van der Waals surface area contributed by atoms with Crippen molar-refractivity contribution in [3.05, 3.63) is 40.9 Å². The standard InChI is InChI=1S/C15H12N2S/c1-3-5-9-13-14(4-2)18-15-16-11-8-6-7-10-12(11)17(13)15/h1,5-10H,4H2,2H3/b9-5-. The number of terminal acetylenes is 1. The fraction of sp³-hybridized carbons (Fsp3) is 0.133. The Morgan fingerprint density at radius 1 is 1.44 bits per heavy atom. The smallest absolute Gasteiger partial charge is 0.195 e. The molecule has 0 saturated heterocycles. The Kier molecular flexibility index (Phi) is 2.66. The number of fused-ring (bicyclic) bond motifs is 3. The van der Waals surface area contributed by atoms with Crippen LogP contribution in [0, 0.1) is 12.3 Å². The van der Waals surface area contributed by atoms with Gasteiger partial charge in [0.05, 0.1) is 16.7 Å². The first-order valence-electron chi connectivity index (χ1n) is 5.86. The van der Waals surface area contributed by atoms with Gasteiger partial charge in [-0.2, -0.15) is 0 Å². The highest BCUT2D eigenvalue weighted by molar-refractivity contribution is 7.17. The number of rotatable bonds is 2. The molecule has 3 aromatic rings. The molecule has 3 rings (SSSR count). The van der Waals surface area contributed by atoms with Crippen LogP contribution in [0.25, 0.3) is 22.1 Å². The van der Waals surface area contributed by atoms with E-state index in [1.54, 1.807) is 17.4 Å². The lowest BCUT2D eigenvalue weighted by Crippen LogP contribution is -1.87. The summed E-state index contributed by atoms with van der Waals surface area (Å²) in [6.07, 6.45) is 10.0. The van der Waals surface area contributed by atoms with E-state index in [9.17, 15) is 0 Å². The van der Waals surface area contributed by atoms with Gasteiger partial charge in [0.15, 0.2) is 4.96 Å². The first-order chi connectivity index (χ1) is 8.85. The minimum Gasteiger partial charge on any atom is -0.283 e. The number of para-hydroxylation sites is 2. The number of hydrogen-bond acceptors (Lipinski definition) is 2. The molecule has 0 amide bonds. The predicted molar refractivity (Wildman–Crippen MR) is 77.8 cm³/mol. The summed E-state index contributed by atoms with van der Waals surface area (Å²) >= 11 is 1.73. The van der Waals surface area contributed by atoms with Gasteiger partial charge in [-0.25, -0.2) is 4.98 Å². The Morgan fingerprint density at radius 2 is 2.28 bits per heavy atom. The second-order valence-corrected chi connectivity index (χ2v) is 5.04. The van der Waals surface area contributed by atoms with E-state index in [1.807, 2.05) is 24.3 Å². The topological polar surface area (TPSA) is 17.3 Å². The summed E-state index contributed by atoms with van der Waals surface area (Å²) in [6.45, 7) is 2.15. The van der Waals surface area contributed by atoms with Crippen LogP contribution < -0.4 is 0 Å². The summed E-state index contributed by atoms with van der Waals surface area (Å²) in [7, 11) is 0. The van der Waals surface area contributed by atoms with E-state index < -0.39 is 0 Å². The first kappa shape index (κ1) is 11.1. The Morgan fingerprint density at radius 3 is 3.06 bits per heavy atom. The number of hydrogen-bond donors (Lipinski definition) is 0. The second kappa shape index (κ2) is 4.32. The maximum absolute atomic E-state index is 5.31. The van der Waals surface area contributed by atoms with Crippen LogP contribution in [0.15, 0.2) is 30.3 Å². The van der Waals surface area contributed by atoms with Crippen molar-refractivity contribution < 1.29 is 0 Å². The van der Waals surface area contributed by atoms with E-state index in [0.29, 0.717) is 0 Å². The lowest BCUT2D eigenvalue weighted by atomic mass is 10.2. The van der Waals surface area contributed by atoms with E-state index in [2.05, 4.69) is 28.3 Å². The molecule has 0 bridgehead atoms. The average molecular weight is 252 g/mol. The van der Waals surface area contributed by atoms with Gasteiger partial charge in [-0.15, -0.1) is 17.8 Å². The Bertz CT molecular complexity index is 784. The van der Waals surface area contributed by atoms with Crippen molar-refractivity contribution >= 4 is 33.4 Å². The van der Waals surface area contributed by atoms with Crippen molar-refractivity contribution in [2.45, 2.75) is 13.3 Å². The molecule has 0 N–H and O–H groups in total. The molecular formula is C15H12N2S. The quantitative estimate of drug-likeness (QED) is 0.635. The molecule has 0 fully saturated rings. The van der Waals surface area contributed by atoms with Crippen LogP contribution in [-0.4, -0.2) is 9.38 Å². The van der Waals surface area contributed by atoms with Gasteiger partial charge in [0.1, 0.15) is 0 Å². The van der Waals surface area contributed by atoms with Crippen LogP contribution in [-0.2, 0) is 6.42 Å². The number of aryl methyl sites for hydroxylation is 1. The molecule has 18 heavy (non-hydrogen) atoms. The molecule has 2 nitrogen and oxygen atoms in total. The number of benzene rings is 1. The molecule has 2 aromatic heterocycles. The van der Waals surface area contributed by atoms with E-state index in [0.717, 1.165) is 28.1 Å². The second-order valence-electron chi connectivity index (χ2n) is 3.98. The van der Waals surface area contributed by atoms with E-state index in [-0.39, 0.29) is 0 Å². The molecule has 0 radical (unpaired) electrons. The first-order valence-corrected chi connectivity index (χ1v) is 6.68. The molecule has 3 heteroatoms. The van der Waals surface area contributed by atoms with Gasteiger partial charge in [-0.05, 0) is 30.7 Å². The van der Waals surface area contributed by atoms with Gasteiger partial charge in [0.25, 0.3) is 0 Å². The number of allylic oxidation sites excluding steroid dienone is 1. The van der Waals surface area contributed by atoms with Gasteiger partial charge >= 0.3 is 0 Å². The van der Waals surface area contributed by atoms with Crippen LogP contribution in [0.5, 0.6) is 0 Å². The van der Waals surface area contributed by atoms with Gasteiger partial charge in [-0.3, -0.25) is 4.40 Å². The Balaban J connectivity index is 2.41. The molecular weight excluding hydrogens is 240 g/mol. The number of imidazole rings is 1. The number of nitrogens with zero attached hydrogens (tertiary/aromatic N) is 2. The highest BCUT2D eigenvalue weighted by Crippen LogP contribution is 2.29. The van der Waals surface area contributed by atoms with Gasteiger partial charge in [0.2, 0.25) is 0 Å². The van der Waals surface area contributed by atoms with Gasteiger partial charge in [-0.1, -0.05) is 25.0 Å². The number of thiazole rings is 1. The third-order valence-electron chi connectivity index (χ3n) is 2.93. The highest BCUT2D eigenvalue weighted by Gasteiger charge is 2.13. The summed E-state index contributed by atoms with van der Waals surface area (Å²) < 4.78 is 2.19. The molecule has 0 atom stereocenters. The molecule has 2 heterocycles. The van der Waals surface area contributed by atoms with Gasteiger partial charge < -0.3 is 0 Å². The minimum atomic E-state index is 0.993. The largest absolute Gasteiger partial charge is 0.283 e. The Labute approximate surface area is 110 Å². The SMILES string of the molecule is C#C/C=C\c1c(CC)sc2nc3ccccc3n12. The van der Waals surface area contributed by atoms with Crippen LogP contribution in [0.3, 0.4) is 0 Å². The van der Waals surface area contributed by atoms with Crippen LogP contribution >= 0.6 is 11.3 Å². The Hall–Kier alpha value is -2.05. The van der Waals surface area contributed by atoms with Crippen molar-refractivity contribution in [3.63, 3.8) is 0 Å². The molecule has 0 aliphatic carbocycles. The fourth-order valence-electron chi connectivity index (χ4n) is 2.14. The van der Waals surface area contributed by atoms with Crippen molar-refractivity contribution in [2.24, 2.45) is 0 Å². The minimum absolute atomic E-state index is 0.993. The summed E-state index contributed by atoms with van der Waals surface area (Å²) in [5.41, 5.74) is 3.33. The third kappa shape index (κ3) is 1.54. The van der Waals surface area contributed by atoms with E-state index in [4.69, 9.17) is 6.42 Å². The van der Waals surface area contributed by atoms with Gasteiger partial charge in [0, 0.05) is 4.88 Å². The molecule has 1 aromatic carbocycles. The normalized spacial score (nSPS) is 11.6. The molecule has 0 aliphatic rings. The zero-order valence-electron chi connectivity index (χ0n) is 10.1. The van der Waals surface area contributed by atoms with E-state index in [1.165, 1.54) is 4.88 Å². The van der Waals surface area contributed by atoms with Crippen molar-refractivity contribution in [1.29, 1.82) is 0 Å². The van der Waals surface area contributed by atoms with Crippen molar-refractivity contribution in [3.8, 4) is 12.3 Å². The maximum Gasteiger partial charge on any atom is 0.195 e. The van der Waals surface area contributed by atoms with E-state index >= 15 is 0 Å². The lowest BCUT2D eigenvalue weighted by Gasteiger charge is -1.97. The molecule has 0 unspecified atom stereocenters. The molecule has 88 valence electrons. The summed E-state index contributed by atoms with van der Waals surface area (Å²) in [5.74, 6) is 2.55. The maximum atomic E-state index is 5.31. The molecule has 0 saturated carbocycles. The predicted octanol–water partition coefficient (Wildman–Crippen LogP) is 3.76. The number of aromatic nitrogens is 2. The summed E-state index contributed by atoms with van der Waals surface area (Å²) in [6, 6.07) is 8.18. The lowest BCUT2D eigenvalue weighted by molar-refractivity contribution is 1.13. The van der Waals surface area contributed by atoms with Crippen LogP contribution in [0.4, 0.5) is 0 Å². The zero-order valence-corrected chi connectivity index (χ0v) is 10.9.